The van der Waals surface area contributed by atoms with Gasteiger partial charge in [0.15, 0.2) is 0 Å². The van der Waals surface area contributed by atoms with E-state index in [2.05, 4.69) is 31.9 Å². The molecule has 0 saturated carbocycles. The Bertz CT molecular complexity index is 2970. The second kappa shape index (κ2) is 29.1. The summed E-state index contributed by atoms with van der Waals surface area (Å²) in [4.78, 5) is 120. The van der Waals surface area contributed by atoms with Gasteiger partial charge in [-0.2, -0.15) is 0 Å². The zero-order chi connectivity index (χ0) is 56.3. The summed E-state index contributed by atoms with van der Waals surface area (Å²) in [7, 11) is 0. The summed E-state index contributed by atoms with van der Waals surface area (Å²) in [5.74, 6) is -3.83. The Hall–Kier alpha value is -8.03. The molecule has 7 rings (SSSR count). The van der Waals surface area contributed by atoms with Gasteiger partial charge in [-0.25, -0.2) is 0 Å². The minimum atomic E-state index is -1.22. The van der Waals surface area contributed by atoms with Crippen LogP contribution in [0, 0.1) is 0 Å². The number of aromatic nitrogens is 1. The van der Waals surface area contributed by atoms with Gasteiger partial charge in [-0.05, 0) is 111 Å². The molecule has 0 bridgehead atoms. The Labute approximate surface area is 461 Å². The maximum absolute atomic E-state index is 15.0. The Morgan fingerprint density at radius 1 is 0.595 bits per heavy atom. The van der Waals surface area contributed by atoms with Crippen LogP contribution in [-0.2, 0) is 52.8 Å². The zero-order valence-corrected chi connectivity index (χ0v) is 45.2. The number of hydrogen-bond donors (Lipinski definition) is 8. The van der Waals surface area contributed by atoms with E-state index in [1.165, 1.54) is 16.7 Å². The summed E-state index contributed by atoms with van der Waals surface area (Å²) in [5.41, 5.74) is 14.5. The van der Waals surface area contributed by atoms with Gasteiger partial charge in [0.05, 0.1) is 16.8 Å². The molecule has 418 valence electrons. The number of nitrogens with two attached hydrogens (primary N) is 2. The van der Waals surface area contributed by atoms with Gasteiger partial charge in [0.1, 0.15) is 36.3 Å². The maximum atomic E-state index is 15.0. The van der Waals surface area contributed by atoms with Gasteiger partial charge in [0.2, 0.25) is 41.4 Å². The van der Waals surface area contributed by atoms with Crippen molar-refractivity contribution in [3.63, 3.8) is 0 Å². The van der Waals surface area contributed by atoms with Crippen molar-refractivity contribution in [2.45, 2.75) is 121 Å². The summed E-state index contributed by atoms with van der Waals surface area (Å²) in [5, 5.41) is 19.9. The van der Waals surface area contributed by atoms with Crippen LogP contribution in [0.1, 0.15) is 92.4 Å². The van der Waals surface area contributed by atoms with Crippen LogP contribution >= 0.6 is 0 Å². The highest BCUT2D eigenvalue weighted by Crippen LogP contribution is 2.26. The van der Waals surface area contributed by atoms with Crippen molar-refractivity contribution in [1.29, 1.82) is 0 Å². The average molecular weight is 1080 g/mol. The normalized spacial score (nSPS) is 16.7. The van der Waals surface area contributed by atoms with Crippen molar-refractivity contribution >= 4 is 68.9 Å². The van der Waals surface area contributed by atoms with E-state index in [1.54, 1.807) is 18.2 Å². The largest absolute Gasteiger partial charge is 0.354 e. The first-order chi connectivity index (χ1) is 38.3. The minimum absolute atomic E-state index is 0.0360. The van der Waals surface area contributed by atoms with Gasteiger partial charge in [0, 0.05) is 51.3 Å². The fourth-order valence-corrected chi connectivity index (χ4v) is 10.3. The molecule has 79 heavy (non-hydrogen) atoms. The molecule has 3 heterocycles. The molecule has 2 fully saturated rings. The van der Waals surface area contributed by atoms with Crippen molar-refractivity contribution in [2.24, 2.45) is 11.5 Å². The van der Waals surface area contributed by atoms with Crippen molar-refractivity contribution in [3.8, 4) is 0 Å². The van der Waals surface area contributed by atoms with Crippen LogP contribution in [0.2, 0.25) is 0 Å². The lowest BCUT2D eigenvalue weighted by atomic mass is 10.0. The van der Waals surface area contributed by atoms with Gasteiger partial charge in [-0.1, -0.05) is 104 Å². The first-order valence-corrected chi connectivity index (χ1v) is 27.6. The van der Waals surface area contributed by atoms with Crippen LogP contribution in [0.15, 0.2) is 115 Å². The van der Waals surface area contributed by atoms with Gasteiger partial charge in [0.25, 0.3) is 5.91 Å². The average Bonchev–Trinajstić information content (AvgIpc) is 4.19. The first-order valence-electron chi connectivity index (χ1n) is 27.6. The molecule has 4 aromatic carbocycles. The van der Waals surface area contributed by atoms with Crippen LogP contribution in [0.4, 0.5) is 0 Å². The van der Waals surface area contributed by atoms with Crippen molar-refractivity contribution in [3.05, 3.63) is 138 Å². The monoisotopic (exact) mass is 1080 g/mol. The van der Waals surface area contributed by atoms with Gasteiger partial charge < -0.3 is 53.2 Å². The van der Waals surface area contributed by atoms with Gasteiger partial charge >= 0.3 is 0 Å². The molecule has 8 amide bonds. The lowest BCUT2D eigenvalue weighted by molar-refractivity contribution is -0.141. The van der Waals surface area contributed by atoms with Crippen molar-refractivity contribution in [1.82, 2.24) is 46.7 Å². The zero-order valence-electron chi connectivity index (χ0n) is 45.2. The number of fused-ring (bicyclic) bond motifs is 2. The second-order valence-corrected chi connectivity index (χ2v) is 20.2. The van der Waals surface area contributed by atoms with Crippen LogP contribution in [0.25, 0.3) is 21.7 Å². The third-order valence-corrected chi connectivity index (χ3v) is 14.4. The molecular formula is C60H75N11O8. The molecule has 0 unspecified atom stereocenters. The predicted octanol–water partition coefficient (Wildman–Crippen LogP) is 3.26. The van der Waals surface area contributed by atoms with E-state index in [4.69, 9.17) is 16.5 Å². The van der Waals surface area contributed by atoms with Crippen molar-refractivity contribution in [2.75, 3.05) is 39.3 Å². The molecule has 1 aromatic heterocycles. The molecule has 0 radical (unpaired) electrons. The summed E-state index contributed by atoms with van der Waals surface area (Å²) in [6.45, 7) is 5.04. The molecule has 19 nitrogen and oxygen atoms in total. The summed E-state index contributed by atoms with van der Waals surface area (Å²) in [6.07, 6.45) is 6.78. The molecule has 19 heteroatoms. The smallest absolute Gasteiger partial charge is 0.253 e. The lowest BCUT2D eigenvalue weighted by Gasteiger charge is -2.30. The van der Waals surface area contributed by atoms with Crippen molar-refractivity contribution < 1.29 is 38.4 Å². The second-order valence-electron chi connectivity index (χ2n) is 20.2. The molecular weight excluding hydrogens is 1000 g/mol. The molecule has 0 aliphatic carbocycles. The van der Waals surface area contributed by atoms with Gasteiger partial charge in [-0.3, -0.25) is 43.3 Å². The van der Waals surface area contributed by atoms with E-state index in [-0.39, 0.29) is 56.2 Å². The van der Waals surface area contributed by atoms with Crippen LogP contribution < -0.4 is 43.4 Å². The predicted molar refractivity (Wildman–Crippen MR) is 303 cm³/mol. The number of nitrogens with one attached hydrogen (secondary N) is 6. The number of hydrogen-bond acceptors (Lipinski definition) is 11. The minimum Gasteiger partial charge on any atom is -0.354 e. The Kier molecular flexibility index (Phi) is 21.6. The molecule has 2 saturated heterocycles. The Morgan fingerprint density at radius 3 is 1.53 bits per heavy atom. The molecule has 6 atom stereocenters. The number of likely N-dealkylation sites (tertiary alicyclic amines) is 2. The number of benzene rings is 4. The van der Waals surface area contributed by atoms with E-state index in [9.17, 15) is 38.4 Å². The van der Waals surface area contributed by atoms with E-state index in [0.717, 1.165) is 27.3 Å². The molecule has 0 spiro atoms. The molecule has 2 aliphatic heterocycles. The quantitative estimate of drug-likeness (QED) is 0.0226. The van der Waals surface area contributed by atoms with E-state index < -0.39 is 71.7 Å². The van der Waals surface area contributed by atoms with Crippen LogP contribution in [0.3, 0.4) is 0 Å². The highest BCUT2D eigenvalue weighted by molar-refractivity contribution is 6.04. The topological polar surface area (TPSA) is 280 Å². The van der Waals surface area contributed by atoms with E-state index >= 15 is 0 Å². The third-order valence-electron chi connectivity index (χ3n) is 14.4. The SMILES string of the molecule is CCc1nc2cc3ccccc3cc2cc1C(=O)N[C@@H](CC=CC[C@H](NC(C)=O)C(=O)N1CCC[C@H]1C(=O)N[C@@H](Cc1ccccc1)C(=O)NCCCN)C(=O)N1CCC[C@H]1C(=O)N[C@@H](Cc1ccccc1)C(=O)NCCCN. The summed E-state index contributed by atoms with van der Waals surface area (Å²) < 4.78 is 0. The molecule has 5 aromatic rings. The highest BCUT2D eigenvalue weighted by atomic mass is 16.2. The van der Waals surface area contributed by atoms with E-state index in [0.29, 0.717) is 82.3 Å². The number of pyridine rings is 1. The number of rotatable bonds is 26. The van der Waals surface area contributed by atoms with Crippen LogP contribution in [0.5, 0.6) is 0 Å². The summed E-state index contributed by atoms with van der Waals surface area (Å²) in [6, 6.07) is 26.1. The number of aryl methyl sites for hydroxylation is 1. The summed E-state index contributed by atoms with van der Waals surface area (Å²) >= 11 is 0. The number of nitrogens with zero attached hydrogens (tertiary/aromatic N) is 3. The standard InChI is InChI=1S/C60H75N11O8/c1-3-46-45(37-44-36-42-22-10-11-23-43(42)38-49(44)66-46)54(73)67-48(60(79)71-33-15-27-53(71)58(77)69-51(56(75)64-31-17-29-62)35-41-20-8-5-9-21-41)25-13-12-24-47(65-39(2)72)59(78)70-32-14-26-52(70)57(76)68-50(55(74)63-30-16-28-61)34-40-18-6-4-7-19-40/h4-13,18-23,36-38,47-48,50-53H,3,14-17,24-35,61-62H2,1-2H3,(H,63,74)(H,64,75)(H,65,72)(H,67,73)(H,68,76)(H,69,77)/t47-,48-,50-,51-,52-,53-/m0/s1. The van der Waals surface area contributed by atoms with Gasteiger partial charge in [-0.15, -0.1) is 0 Å². The number of amides is 8. The van der Waals surface area contributed by atoms with E-state index in [1.807, 2.05) is 104 Å². The highest BCUT2D eigenvalue weighted by Gasteiger charge is 2.41. The van der Waals surface area contributed by atoms with Crippen LogP contribution in [-0.4, -0.2) is 138 Å². The Morgan fingerprint density at radius 2 is 1.06 bits per heavy atom. The molecule has 2 aliphatic rings. The molecule has 10 N–H and O–H groups in total. The maximum Gasteiger partial charge on any atom is 0.253 e. The Balaban J connectivity index is 1.11. The fraction of sp³-hybridized carbons (Fsp3) is 0.417. The first kappa shape index (κ1) is 58.6. The lowest BCUT2D eigenvalue weighted by Crippen LogP contribution is -2.56. The third kappa shape index (κ3) is 16.0. The fourth-order valence-electron chi connectivity index (χ4n) is 10.3. The number of carbonyl (C=O) groups excluding carboxylic acids is 8. The number of carbonyl (C=O) groups is 8.